The van der Waals surface area contributed by atoms with Crippen molar-refractivity contribution in [1.29, 1.82) is 0 Å². The molecule has 1 aromatic heterocycles. The van der Waals surface area contributed by atoms with E-state index in [0.717, 1.165) is 30.2 Å². The summed E-state index contributed by atoms with van der Waals surface area (Å²) in [6.45, 7) is 1.02. The van der Waals surface area contributed by atoms with Crippen LogP contribution in [0.1, 0.15) is 22.5 Å². The van der Waals surface area contributed by atoms with Crippen LogP contribution in [0.5, 0.6) is 0 Å². The second-order valence-electron chi connectivity index (χ2n) is 5.00. The van der Waals surface area contributed by atoms with Gasteiger partial charge in [-0.15, -0.1) is 0 Å². The first-order valence-corrected chi connectivity index (χ1v) is 7.79. The molecule has 0 aliphatic carbocycles. The van der Waals surface area contributed by atoms with Crippen molar-refractivity contribution in [3.05, 3.63) is 41.4 Å². The van der Waals surface area contributed by atoms with Gasteiger partial charge in [-0.05, 0) is 25.0 Å². The normalized spacial score (nSPS) is 18.0. The second-order valence-corrected chi connectivity index (χ2v) is 6.01. The summed E-state index contributed by atoms with van der Waals surface area (Å²) in [4.78, 5) is 19.2. The lowest BCUT2D eigenvalue weighted by Crippen LogP contribution is -2.31. The minimum atomic E-state index is -0.148. The lowest BCUT2D eigenvalue weighted by Gasteiger charge is -2.21. The van der Waals surface area contributed by atoms with Gasteiger partial charge in [-0.2, -0.15) is 0 Å². The Hall–Kier alpha value is -1.92. The van der Waals surface area contributed by atoms with Gasteiger partial charge in [0.1, 0.15) is 4.88 Å². The Balaban J connectivity index is 1.71. The molecule has 1 atom stereocenters. The maximum atomic E-state index is 12.2. The molecule has 1 amide bonds. The van der Waals surface area contributed by atoms with E-state index >= 15 is 0 Å². The molecule has 1 unspecified atom stereocenters. The largest absolute Gasteiger partial charge is 0.394 e. The van der Waals surface area contributed by atoms with E-state index in [-0.39, 0.29) is 18.6 Å². The van der Waals surface area contributed by atoms with Crippen LogP contribution in [0.4, 0.5) is 10.8 Å². The van der Waals surface area contributed by atoms with Crippen molar-refractivity contribution in [3.63, 3.8) is 0 Å². The Labute approximate surface area is 127 Å². The molecule has 110 valence electrons. The van der Waals surface area contributed by atoms with Crippen molar-refractivity contribution in [2.75, 3.05) is 23.4 Å². The number of anilines is 2. The Morgan fingerprint density at radius 2 is 2.24 bits per heavy atom. The van der Waals surface area contributed by atoms with Crippen LogP contribution in [0.3, 0.4) is 0 Å². The first-order chi connectivity index (χ1) is 10.3. The number of hydrogen-bond acceptors (Lipinski definition) is 5. The van der Waals surface area contributed by atoms with E-state index < -0.39 is 0 Å². The smallest absolute Gasteiger partial charge is 0.267 e. The zero-order valence-corrected chi connectivity index (χ0v) is 12.3. The van der Waals surface area contributed by atoms with Crippen molar-refractivity contribution in [3.8, 4) is 0 Å². The van der Waals surface area contributed by atoms with Gasteiger partial charge < -0.3 is 15.3 Å². The number of hydrogen-bond donors (Lipinski definition) is 2. The summed E-state index contributed by atoms with van der Waals surface area (Å²) in [7, 11) is 0. The Morgan fingerprint density at radius 1 is 1.43 bits per heavy atom. The highest BCUT2D eigenvalue weighted by Gasteiger charge is 2.26. The van der Waals surface area contributed by atoms with Gasteiger partial charge in [0.05, 0.1) is 18.8 Å². The number of nitrogens with zero attached hydrogens (tertiary/aromatic N) is 2. The van der Waals surface area contributed by atoms with Crippen LogP contribution in [-0.4, -0.2) is 35.2 Å². The van der Waals surface area contributed by atoms with Crippen LogP contribution in [-0.2, 0) is 0 Å². The summed E-state index contributed by atoms with van der Waals surface area (Å²) in [5.41, 5.74) is 0.770. The van der Waals surface area contributed by atoms with Crippen LogP contribution < -0.4 is 10.2 Å². The number of para-hydroxylation sites is 1. The van der Waals surface area contributed by atoms with Gasteiger partial charge in [0.25, 0.3) is 5.91 Å². The topological polar surface area (TPSA) is 65.5 Å². The zero-order chi connectivity index (χ0) is 14.7. The minimum absolute atomic E-state index is 0.126. The molecule has 0 bridgehead atoms. The quantitative estimate of drug-likeness (QED) is 0.910. The fourth-order valence-electron chi connectivity index (χ4n) is 2.49. The van der Waals surface area contributed by atoms with Crippen molar-refractivity contribution in [2.45, 2.75) is 18.9 Å². The maximum Gasteiger partial charge on any atom is 0.267 e. The van der Waals surface area contributed by atoms with E-state index in [2.05, 4.69) is 15.2 Å². The number of carbonyl (C=O) groups is 1. The van der Waals surface area contributed by atoms with Crippen molar-refractivity contribution >= 4 is 28.1 Å². The molecular weight excluding hydrogens is 286 g/mol. The fraction of sp³-hybridized carbons (Fsp3) is 0.333. The third kappa shape index (κ3) is 3.06. The van der Waals surface area contributed by atoms with Gasteiger partial charge in [0.2, 0.25) is 0 Å². The summed E-state index contributed by atoms with van der Waals surface area (Å²) in [5.74, 6) is -0.148. The molecular formula is C15H17N3O2S. The molecule has 21 heavy (non-hydrogen) atoms. The fourth-order valence-corrected chi connectivity index (χ4v) is 3.40. The molecule has 1 aliphatic heterocycles. The van der Waals surface area contributed by atoms with Gasteiger partial charge in [0.15, 0.2) is 5.13 Å². The van der Waals surface area contributed by atoms with Crippen molar-refractivity contribution in [1.82, 2.24) is 4.98 Å². The molecule has 3 rings (SSSR count). The number of nitrogens with one attached hydrogen (secondary N) is 1. The molecule has 2 N–H and O–H groups in total. The number of aliphatic hydroxyl groups is 1. The summed E-state index contributed by atoms with van der Waals surface area (Å²) < 4.78 is 0. The molecule has 0 spiro atoms. The standard InChI is InChI=1S/C15H17N3O2S/c19-10-12-7-4-8-18(12)15-16-9-13(21-15)14(20)17-11-5-2-1-3-6-11/h1-3,5-6,9,12,19H,4,7-8,10H2,(H,17,20). The summed E-state index contributed by atoms with van der Waals surface area (Å²) in [6, 6.07) is 9.49. The van der Waals surface area contributed by atoms with Crippen LogP contribution in [0.2, 0.25) is 0 Å². The summed E-state index contributed by atoms with van der Waals surface area (Å²) in [6.07, 6.45) is 3.63. The molecule has 1 saturated heterocycles. The number of aromatic nitrogens is 1. The number of carbonyl (C=O) groups excluding carboxylic acids is 1. The molecule has 0 saturated carbocycles. The molecule has 1 fully saturated rings. The highest BCUT2D eigenvalue weighted by Crippen LogP contribution is 2.29. The van der Waals surface area contributed by atoms with Gasteiger partial charge >= 0.3 is 0 Å². The second kappa shape index (κ2) is 6.24. The van der Waals surface area contributed by atoms with Crippen LogP contribution in [0.25, 0.3) is 0 Å². The van der Waals surface area contributed by atoms with E-state index in [9.17, 15) is 9.90 Å². The monoisotopic (exact) mass is 303 g/mol. The maximum absolute atomic E-state index is 12.2. The lowest BCUT2D eigenvalue weighted by atomic mass is 10.2. The number of benzene rings is 1. The SMILES string of the molecule is O=C(Nc1ccccc1)c1cnc(N2CCCC2CO)s1. The first-order valence-electron chi connectivity index (χ1n) is 6.97. The minimum Gasteiger partial charge on any atom is -0.394 e. The molecule has 6 heteroatoms. The number of thiazole rings is 1. The summed E-state index contributed by atoms with van der Waals surface area (Å²) in [5, 5.41) is 13.0. The first kappa shape index (κ1) is 14.0. The van der Waals surface area contributed by atoms with E-state index in [4.69, 9.17) is 0 Å². The Bertz CT molecular complexity index is 614. The predicted molar refractivity (Wildman–Crippen MR) is 84.0 cm³/mol. The number of amides is 1. The van der Waals surface area contributed by atoms with Crippen molar-refractivity contribution < 1.29 is 9.90 Å². The van der Waals surface area contributed by atoms with E-state index in [1.54, 1.807) is 6.20 Å². The Morgan fingerprint density at radius 3 is 3.00 bits per heavy atom. The lowest BCUT2D eigenvalue weighted by molar-refractivity contribution is 0.103. The van der Waals surface area contributed by atoms with Gasteiger partial charge in [-0.25, -0.2) is 4.98 Å². The Kier molecular flexibility index (Phi) is 4.17. The third-order valence-corrected chi connectivity index (χ3v) is 4.62. The highest BCUT2D eigenvalue weighted by atomic mass is 32.1. The average Bonchev–Trinajstić information content (AvgIpc) is 3.16. The highest BCUT2D eigenvalue weighted by molar-refractivity contribution is 7.17. The van der Waals surface area contributed by atoms with Crippen molar-refractivity contribution in [2.24, 2.45) is 0 Å². The summed E-state index contributed by atoms with van der Waals surface area (Å²) >= 11 is 1.37. The zero-order valence-electron chi connectivity index (χ0n) is 11.5. The van der Waals surface area contributed by atoms with Gasteiger partial charge in [0, 0.05) is 12.2 Å². The molecule has 1 aromatic carbocycles. The van der Waals surface area contributed by atoms with Gasteiger partial charge in [-0.3, -0.25) is 4.79 Å². The van der Waals surface area contributed by atoms with E-state index in [0.29, 0.717) is 4.88 Å². The molecule has 0 radical (unpaired) electrons. The van der Waals surface area contributed by atoms with Crippen LogP contribution in [0, 0.1) is 0 Å². The van der Waals surface area contributed by atoms with Gasteiger partial charge in [-0.1, -0.05) is 29.5 Å². The van der Waals surface area contributed by atoms with Crippen LogP contribution >= 0.6 is 11.3 Å². The van der Waals surface area contributed by atoms with E-state index in [1.807, 2.05) is 30.3 Å². The third-order valence-electron chi connectivity index (χ3n) is 3.58. The molecule has 1 aliphatic rings. The predicted octanol–water partition coefficient (Wildman–Crippen LogP) is 2.36. The van der Waals surface area contributed by atoms with E-state index in [1.165, 1.54) is 11.3 Å². The number of rotatable bonds is 4. The molecule has 5 nitrogen and oxygen atoms in total. The van der Waals surface area contributed by atoms with Crippen LogP contribution in [0.15, 0.2) is 36.5 Å². The number of aliphatic hydroxyl groups excluding tert-OH is 1. The molecule has 2 aromatic rings. The average molecular weight is 303 g/mol. The molecule has 2 heterocycles.